The average molecular weight is 289 g/mol. The highest BCUT2D eigenvalue weighted by atomic mass is 32.2. The number of rotatable bonds is 5. The minimum absolute atomic E-state index is 0.0297. The van der Waals surface area contributed by atoms with Gasteiger partial charge >= 0.3 is 5.97 Å². The van der Waals surface area contributed by atoms with Crippen LogP contribution in [-0.2, 0) is 10.0 Å². The van der Waals surface area contributed by atoms with E-state index in [1.54, 1.807) is 0 Å². The van der Waals surface area contributed by atoms with E-state index >= 15 is 0 Å². The summed E-state index contributed by atoms with van der Waals surface area (Å²) in [6.45, 7) is 0. The van der Waals surface area contributed by atoms with E-state index in [0.717, 1.165) is 4.31 Å². The molecule has 1 N–H and O–H groups in total. The number of benzene rings is 1. The summed E-state index contributed by atoms with van der Waals surface area (Å²) in [6.07, 6.45) is 0. The third-order valence-electron chi connectivity index (χ3n) is 2.48. The molecule has 0 spiro atoms. The first-order valence-corrected chi connectivity index (χ1v) is 6.62. The topological polar surface area (TPSA) is 93.1 Å². The van der Waals surface area contributed by atoms with Gasteiger partial charge < -0.3 is 14.6 Å². The molecule has 0 fully saturated rings. The number of hydrogen-bond acceptors (Lipinski definition) is 5. The molecule has 7 nitrogen and oxygen atoms in total. The van der Waals surface area contributed by atoms with Crippen LogP contribution in [0.5, 0.6) is 11.5 Å². The smallest absolute Gasteiger partial charge is 0.343 e. The van der Waals surface area contributed by atoms with Crippen molar-refractivity contribution < 1.29 is 27.8 Å². The molecule has 1 rings (SSSR count). The zero-order chi connectivity index (χ0) is 14.8. The minimum Gasteiger partial charge on any atom is -0.496 e. The van der Waals surface area contributed by atoms with Crippen LogP contribution in [0.2, 0.25) is 0 Å². The van der Waals surface area contributed by atoms with Crippen LogP contribution in [0.15, 0.2) is 17.0 Å². The Morgan fingerprint density at radius 3 is 2.16 bits per heavy atom. The van der Waals surface area contributed by atoms with Crippen molar-refractivity contribution in [2.24, 2.45) is 0 Å². The lowest BCUT2D eigenvalue weighted by Crippen LogP contribution is -2.23. The summed E-state index contributed by atoms with van der Waals surface area (Å²) >= 11 is 0. The average Bonchev–Trinajstić information content (AvgIpc) is 2.36. The number of nitrogens with zero attached hydrogens (tertiary/aromatic N) is 1. The second kappa shape index (κ2) is 5.45. The summed E-state index contributed by atoms with van der Waals surface area (Å²) in [7, 11) is 1.38. The second-order valence-electron chi connectivity index (χ2n) is 3.77. The Kier molecular flexibility index (Phi) is 4.38. The summed E-state index contributed by atoms with van der Waals surface area (Å²) < 4.78 is 35.0. The quantitative estimate of drug-likeness (QED) is 0.855. The number of carboxylic acids is 1. The largest absolute Gasteiger partial charge is 0.496 e. The molecule has 0 unspecified atom stereocenters. The van der Waals surface area contributed by atoms with Crippen LogP contribution in [0, 0.1) is 0 Å². The Labute approximate surface area is 111 Å². The predicted octanol–water partition coefficient (Wildman–Crippen LogP) is 0.652. The number of carboxylic acid groups (broad SMARTS) is 1. The normalized spacial score (nSPS) is 11.4. The maximum absolute atomic E-state index is 12.1. The van der Waals surface area contributed by atoms with E-state index in [9.17, 15) is 13.2 Å². The summed E-state index contributed by atoms with van der Waals surface area (Å²) in [4.78, 5) is 11.0. The van der Waals surface area contributed by atoms with Crippen molar-refractivity contribution in [3.8, 4) is 11.5 Å². The molecule has 8 heteroatoms. The Morgan fingerprint density at radius 2 is 1.79 bits per heavy atom. The van der Waals surface area contributed by atoms with Gasteiger partial charge in [0.1, 0.15) is 16.2 Å². The first kappa shape index (κ1) is 15.3. The first-order chi connectivity index (χ1) is 8.77. The van der Waals surface area contributed by atoms with Crippen molar-refractivity contribution in [2.45, 2.75) is 4.90 Å². The lowest BCUT2D eigenvalue weighted by Gasteiger charge is -2.17. The van der Waals surface area contributed by atoms with Crippen LogP contribution in [0.3, 0.4) is 0 Å². The molecule has 0 bridgehead atoms. The van der Waals surface area contributed by atoms with E-state index in [1.807, 2.05) is 0 Å². The van der Waals surface area contributed by atoms with Crippen molar-refractivity contribution in [3.05, 3.63) is 17.7 Å². The molecule has 106 valence electrons. The molecule has 0 heterocycles. The fraction of sp³-hybridized carbons (Fsp3) is 0.364. The maximum atomic E-state index is 12.1. The number of methoxy groups -OCH3 is 2. The van der Waals surface area contributed by atoms with Crippen LogP contribution >= 0.6 is 0 Å². The van der Waals surface area contributed by atoms with Gasteiger partial charge in [-0.1, -0.05) is 0 Å². The molecule has 0 saturated heterocycles. The van der Waals surface area contributed by atoms with Crippen LogP contribution in [0.25, 0.3) is 0 Å². The van der Waals surface area contributed by atoms with Gasteiger partial charge in [0.15, 0.2) is 5.75 Å². The van der Waals surface area contributed by atoms with E-state index in [-0.39, 0.29) is 22.0 Å². The third kappa shape index (κ3) is 2.64. The van der Waals surface area contributed by atoms with Gasteiger partial charge in [-0.3, -0.25) is 0 Å². The molecule has 0 amide bonds. The molecule has 0 aliphatic rings. The third-order valence-corrected chi connectivity index (χ3v) is 4.32. The fourth-order valence-electron chi connectivity index (χ4n) is 1.52. The van der Waals surface area contributed by atoms with Gasteiger partial charge in [-0.2, -0.15) is 0 Å². The number of hydrogen-bond donors (Lipinski definition) is 1. The molecule has 0 radical (unpaired) electrons. The highest BCUT2D eigenvalue weighted by Crippen LogP contribution is 2.35. The zero-order valence-corrected chi connectivity index (χ0v) is 11.8. The molecule has 0 saturated carbocycles. The molecule has 0 aliphatic carbocycles. The van der Waals surface area contributed by atoms with Gasteiger partial charge in [0.05, 0.1) is 14.2 Å². The van der Waals surface area contributed by atoms with Gasteiger partial charge in [0.2, 0.25) is 10.0 Å². The van der Waals surface area contributed by atoms with Gasteiger partial charge in [-0.25, -0.2) is 17.5 Å². The van der Waals surface area contributed by atoms with Gasteiger partial charge in [-0.05, 0) is 12.1 Å². The minimum atomic E-state index is -3.81. The van der Waals surface area contributed by atoms with E-state index in [1.165, 1.54) is 40.4 Å². The van der Waals surface area contributed by atoms with Crippen molar-refractivity contribution in [1.82, 2.24) is 4.31 Å². The number of carbonyl (C=O) groups is 1. The van der Waals surface area contributed by atoms with Gasteiger partial charge in [0.25, 0.3) is 0 Å². The maximum Gasteiger partial charge on any atom is 0.343 e. The summed E-state index contributed by atoms with van der Waals surface area (Å²) in [6, 6.07) is 2.53. The van der Waals surface area contributed by atoms with Crippen molar-refractivity contribution in [3.63, 3.8) is 0 Å². The van der Waals surface area contributed by atoms with Crippen molar-refractivity contribution >= 4 is 16.0 Å². The number of sulfonamides is 1. The highest BCUT2D eigenvalue weighted by molar-refractivity contribution is 7.89. The molecule has 1 aromatic rings. The van der Waals surface area contributed by atoms with Crippen LogP contribution < -0.4 is 9.47 Å². The van der Waals surface area contributed by atoms with Crippen LogP contribution in [0.4, 0.5) is 0 Å². The molecular formula is C11H15NO6S. The van der Waals surface area contributed by atoms with E-state index in [4.69, 9.17) is 14.6 Å². The van der Waals surface area contributed by atoms with E-state index in [0.29, 0.717) is 0 Å². The van der Waals surface area contributed by atoms with E-state index < -0.39 is 16.0 Å². The molecule has 0 aromatic heterocycles. The Hall–Kier alpha value is -1.80. The highest BCUT2D eigenvalue weighted by Gasteiger charge is 2.29. The zero-order valence-electron chi connectivity index (χ0n) is 11.0. The number of ether oxygens (including phenoxy) is 2. The van der Waals surface area contributed by atoms with E-state index in [2.05, 4.69) is 0 Å². The molecular weight excluding hydrogens is 274 g/mol. The lowest BCUT2D eigenvalue weighted by atomic mass is 10.2. The lowest BCUT2D eigenvalue weighted by molar-refractivity contribution is 0.0689. The van der Waals surface area contributed by atoms with Crippen molar-refractivity contribution in [2.75, 3.05) is 28.3 Å². The molecule has 1 aromatic carbocycles. The van der Waals surface area contributed by atoms with Gasteiger partial charge in [-0.15, -0.1) is 0 Å². The summed E-state index contributed by atoms with van der Waals surface area (Å²) in [5.41, 5.74) is -0.326. The van der Waals surface area contributed by atoms with Gasteiger partial charge in [0, 0.05) is 14.1 Å². The Morgan fingerprint density at radius 1 is 1.21 bits per heavy atom. The Bertz CT molecular complexity index is 593. The number of aromatic carboxylic acids is 1. The second-order valence-corrected chi connectivity index (χ2v) is 5.89. The summed E-state index contributed by atoms with van der Waals surface area (Å²) in [5.74, 6) is -1.55. The monoisotopic (exact) mass is 289 g/mol. The first-order valence-electron chi connectivity index (χ1n) is 5.18. The molecule has 19 heavy (non-hydrogen) atoms. The van der Waals surface area contributed by atoms with Crippen LogP contribution in [0.1, 0.15) is 10.4 Å². The molecule has 0 aliphatic heterocycles. The predicted molar refractivity (Wildman–Crippen MR) is 67.4 cm³/mol. The van der Waals surface area contributed by atoms with Crippen LogP contribution in [-0.4, -0.2) is 52.1 Å². The van der Waals surface area contributed by atoms with Crippen molar-refractivity contribution in [1.29, 1.82) is 0 Å². The molecule has 0 atom stereocenters. The fourth-order valence-corrected chi connectivity index (χ4v) is 2.57. The Balaban J connectivity index is 3.71. The SMILES string of the molecule is COc1ccc(S(=O)(=O)N(C)C)c(OC)c1C(=O)O. The summed E-state index contributed by atoms with van der Waals surface area (Å²) in [5, 5.41) is 9.17. The standard InChI is InChI=1S/C11H15NO6S/c1-12(2)19(15,16)8-6-5-7(17-3)9(11(13)14)10(8)18-4/h5-6H,1-4H3,(H,13,14).